The van der Waals surface area contributed by atoms with E-state index in [0.29, 0.717) is 0 Å². The van der Waals surface area contributed by atoms with Gasteiger partial charge >= 0.3 is 0 Å². The molecule has 0 aliphatic carbocycles. The van der Waals surface area contributed by atoms with E-state index in [1.54, 1.807) is 7.11 Å². The number of methoxy groups -OCH3 is 1. The SMILES string of the molecule is CCC1(C(=O)c2ccc(OC)cc2)CCCNC1. The van der Waals surface area contributed by atoms with Gasteiger partial charge in [0, 0.05) is 17.5 Å². The summed E-state index contributed by atoms with van der Waals surface area (Å²) in [4.78, 5) is 12.7. The summed E-state index contributed by atoms with van der Waals surface area (Å²) in [7, 11) is 1.63. The largest absolute Gasteiger partial charge is 0.497 e. The van der Waals surface area contributed by atoms with Crippen LogP contribution in [0.15, 0.2) is 24.3 Å². The van der Waals surface area contributed by atoms with Crippen LogP contribution in [0.3, 0.4) is 0 Å². The lowest BCUT2D eigenvalue weighted by Crippen LogP contribution is -2.45. The second-order valence-corrected chi connectivity index (χ2v) is 4.97. The number of carbonyl (C=O) groups excluding carboxylic acids is 1. The van der Waals surface area contributed by atoms with Gasteiger partial charge < -0.3 is 10.1 Å². The third kappa shape index (κ3) is 2.41. The summed E-state index contributed by atoms with van der Waals surface area (Å²) >= 11 is 0. The van der Waals surface area contributed by atoms with Gasteiger partial charge in [0.1, 0.15) is 5.75 Å². The first kappa shape index (κ1) is 13.1. The van der Waals surface area contributed by atoms with E-state index in [9.17, 15) is 4.79 Å². The van der Waals surface area contributed by atoms with Crippen molar-refractivity contribution in [1.82, 2.24) is 5.32 Å². The highest BCUT2D eigenvalue weighted by Crippen LogP contribution is 2.34. The summed E-state index contributed by atoms with van der Waals surface area (Å²) in [5.41, 5.74) is 0.577. The van der Waals surface area contributed by atoms with Crippen molar-refractivity contribution < 1.29 is 9.53 Å². The molecule has 1 aromatic rings. The minimum atomic E-state index is -0.215. The van der Waals surface area contributed by atoms with Gasteiger partial charge in [0.05, 0.1) is 7.11 Å². The van der Waals surface area contributed by atoms with Crippen LogP contribution < -0.4 is 10.1 Å². The molecule has 3 nitrogen and oxygen atoms in total. The van der Waals surface area contributed by atoms with Gasteiger partial charge in [-0.2, -0.15) is 0 Å². The van der Waals surface area contributed by atoms with E-state index in [0.717, 1.165) is 43.7 Å². The van der Waals surface area contributed by atoms with Crippen LogP contribution in [0.5, 0.6) is 5.75 Å². The Morgan fingerprint density at radius 3 is 2.61 bits per heavy atom. The van der Waals surface area contributed by atoms with Crippen molar-refractivity contribution in [3.05, 3.63) is 29.8 Å². The Bertz CT molecular complexity index is 405. The van der Waals surface area contributed by atoms with E-state index in [-0.39, 0.29) is 11.2 Å². The zero-order chi connectivity index (χ0) is 13.0. The molecule has 0 radical (unpaired) electrons. The molecule has 1 aliphatic heterocycles. The molecule has 0 bridgehead atoms. The van der Waals surface area contributed by atoms with Crippen LogP contribution in [0.2, 0.25) is 0 Å². The Balaban J connectivity index is 2.22. The number of hydrogen-bond acceptors (Lipinski definition) is 3. The number of hydrogen-bond donors (Lipinski definition) is 1. The lowest BCUT2D eigenvalue weighted by atomic mass is 9.73. The lowest BCUT2D eigenvalue weighted by molar-refractivity contribution is 0.0730. The van der Waals surface area contributed by atoms with Crippen molar-refractivity contribution in [3.8, 4) is 5.75 Å². The molecule has 1 aromatic carbocycles. The molecule has 1 saturated heterocycles. The summed E-state index contributed by atoms with van der Waals surface area (Å²) in [6, 6.07) is 7.44. The van der Waals surface area contributed by atoms with Gasteiger partial charge in [0.2, 0.25) is 0 Å². The van der Waals surface area contributed by atoms with Gasteiger partial charge in [0.15, 0.2) is 5.78 Å². The number of ketones is 1. The monoisotopic (exact) mass is 247 g/mol. The highest BCUT2D eigenvalue weighted by atomic mass is 16.5. The Hall–Kier alpha value is -1.35. The van der Waals surface area contributed by atoms with E-state index < -0.39 is 0 Å². The summed E-state index contributed by atoms with van der Waals surface area (Å²) < 4.78 is 5.12. The van der Waals surface area contributed by atoms with Gasteiger partial charge in [-0.05, 0) is 50.1 Å². The highest BCUT2D eigenvalue weighted by molar-refractivity contribution is 6.00. The summed E-state index contributed by atoms with van der Waals surface area (Å²) in [6.45, 7) is 3.93. The molecule has 3 heteroatoms. The van der Waals surface area contributed by atoms with Crippen LogP contribution in [-0.2, 0) is 0 Å². The molecule has 1 fully saturated rings. The topological polar surface area (TPSA) is 38.3 Å². The molecular formula is C15H21NO2. The smallest absolute Gasteiger partial charge is 0.170 e. The molecule has 1 unspecified atom stereocenters. The molecule has 0 aromatic heterocycles. The van der Waals surface area contributed by atoms with Gasteiger partial charge in [-0.25, -0.2) is 0 Å². The Kier molecular flexibility index (Phi) is 4.02. The number of Topliss-reactive ketones (excluding diaryl/α,β-unsaturated/α-hetero) is 1. The first-order valence-corrected chi connectivity index (χ1v) is 6.61. The van der Waals surface area contributed by atoms with Gasteiger partial charge in [-0.15, -0.1) is 0 Å². The van der Waals surface area contributed by atoms with E-state index >= 15 is 0 Å². The quantitative estimate of drug-likeness (QED) is 0.831. The van der Waals surface area contributed by atoms with Crippen LogP contribution >= 0.6 is 0 Å². The number of carbonyl (C=O) groups is 1. The average Bonchev–Trinajstić information content (AvgIpc) is 2.47. The molecule has 1 N–H and O–H groups in total. The number of nitrogens with one attached hydrogen (secondary N) is 1. The predicted octanol–water partition coefficient (Wildman–Crippen LogP) is 2.66. The van der Waals surface area contributed by atoms with Gasteiger partial charge in [-0.1, -0.05) is 6.92 Å². The summed E-state index contributed by atoms with van der Waals surface area (Å²) in [6.07, 6.45) is 2.96. The van der Waals surface area contributed by atoms with Crippen LogP contribution in [-0.4, -0.2) is 26.0 Å². The van der Waals surface area contributed by atoms with Crippen LogP contribution in [0.25, 0.3) is 0 Å². The molecule has 0 amide bonds. The van der Waals surface area contributed by atoms with Gasteiger partial charge in [0.25, 0.3) is 0 Å². The first-order valence-electron chi connectivity index (χ1n) is 6.61. The average molecular weight is 247 g/mol. The maximum atomic E-state index is 12.7. The minimum absolute atomic E-state index is 0.215. The summed E-state index contributed by atoms with van der Waals surface area (Å²) in [5, 5.41) is 3.35. The van der Waals surface area contributed by atoms with Crippen molar-refractivity contribution in [3.63, 3.8) is 0 Å². The van der Waals surface area contributed by atoms with Crippen molar-refractivity contribution in [1.29, 1.82) is 0 Å². The van der Waals surface area contributed by atoms with Crippen LogP contribution in [0, 0.1) is 5.41 Å². The van der Waals surface area contributed by atoms with Crippen LogP contribution in [0.4, 0.5) is 0 Å². The maximum absolute atomic E-state index is 12.7. The molecule has 0 spiro atoms. The van der Waals surface area contributed by atoms with E-state index in [4.69, 9.17) is 4.74 Å². The third-order valence-electron chi connectivity index (χ3n) is 3.98. The molecule has 98 valence electrons. The molecular weight excluding hydrogens is 226 g/mol. The van der Waals surface area contributed by atoms with Gasteiger partial charge in [-0.3, -0.25) is 4.79 Å². The molecule has 0 saturated carbocycles. The van der Waals surface area contributed by atoms with Crippen molar-refractivity contribution in [2.45, 2.75) is 26.2 Å². The second-order valence-electron chi connectivity index (χ2n) is 4.97. The Morgan fingerprint density at radius 2 is 2.11 bits per heavy atom. The standard InChI is InChI=1S/C15H21NO2/c1-3-15(9-4-10-16-11-15)14(17)12-5-7-13(18-2)8-6-12/h5-8,16H,3-4,9-11H2,1-2H3. The molecule has 1 heterocycles. The van der Waals surface area contributed by atoms with E-state index in [1.807, 2.05) is 24.3 Å². The number of rotatable bonds is 4. The van der Waals surface area contributed by atoms with Crippen LogP contribution in [0.1, 0.15) is 36.5 Å². The van der Waals surface area contributed by atoms with Crippen molar-refractivity contribution >= 4 is 5.78 Å². The minimum Gasteiger partial charge on any atom is -0.497 e. The zero-order valence-corrected chi connectivity index (χ0v) is 11.2. The third-order valence-corrected chi connectivity index (χ3v) is 3.98. The first-order chi connectivity index (χ1) is 8.72. The molecule has 1 aliphatic rings. The molecule has 1 atom stereocenters. The lowest BCUT2D eigenvalue weighted by Gasteiger charge is -2.35. The fraction of sp³-hybridized carbons (Fsp3) is 0.533. The Morgan fingerprint density at radius 1 is 1.39 bits per heavy atom. The predicted molar refractivity (Wildman–Crippen MR) is 72.2 cm³/mol. The summed E-state index contributed by atoms with van der Waals surface area (Å²) in [5.74, 6) is 1.05. The molecule has 2 rings (SSSR count). The fourth-order valence-electron chi connectivity index (χ4n) is 2.67. The number of benzene rings is 1. The molecule has 18 heavy (non-hydrogen) atoms. The second kappa shape index (κ2) is 5.53. The van der Waals surface area contributed by atoms with E-state index in [2.05, 4.69) is 12.2 Å². The zero-order valence-electron chi connectivity index (χ0n) is 11.2. The normalized spacial score (nSPS) is 23.7. The fourth-order valence-corrected chi connectivity index (χ4v) is 2.67. The van der Waals surface area contributed by atoms with E-state index in [1.165, 1.54) is 0 Å². The highest BCUT2D eigenvalue weighted by Gasteiger charge is 2.38. The number of ether oxygens (including phenoxy) is 1. The Labute approximate surface area is 109 Å². The maximum Gasteiger partial charge on any atom is 0.170 e. The number of piperidine rings is 1. The van der Waals surface area contributed by atoms with Crippen molar-refractivity contribution in [2.24, 2.45) is 5.41 Å². The van der Waals surface area contributed by atoms with Crippen molar-refractivity contribution in [2.75, 3.05) is 20.2 Å².